The van der Waals surface area contributed by atoms with Crippen molar-refractivity contribution in [1.29, 1.82) is 0 Å². The molecule has 0 aliphatic rings. The van der Waals surface area contributed by atoms with Crippen LogP contribution in [0.4, 0.5) is 10.1 Å². The van der Waals surface area contributed by atoms with Crippen molar-refractivity contribution in [3.8, 4) is 0 Å². The van der Waals surface area contributed by atoms with E-state index in [-0.39, 0.29) is 5.69 Å². The van der Waals surface area contributed by atoms with Gasteiger partial charge in [-0.05, 0) is 45.9 Å². The minimum Gasteiger partial charge on any atom is -0.399 e. The van der Waals surface area contributed by atoms with Crippen LogP contribution < -0.4 is 15.8 Å². The van der Waals surface area contributed by atoms with Crippen molar-refractivity contribution in [3.05, 3.63) is 24.0 Å². The average molecular weight is 317 g/mol. The molecule has 0 heterocycles. The second-order valence-corrected chi connectivity index (χ2v) is 7.45. The van der Waals surface area contributed by atoms with E-state index >= 15 is 0 Å². The first-order chi connectivity index (χ1) is 9.42. The Balaban J connectivity index is 2.92. The number of amides is 1. The Labute approximate surface area is 124 Å². The number of hydrogen-bond donors (Lipinski definition) is 3. The molecule has 1 atom stereocenters. The highest BCUT2D eigenvalue weighted by Gasteiger charge is 2.26. The van der Waals surface area contributed by atoms with E-state index in [1.165, 1.54) is 13.0 Å². The number of nitrogens with one attached hydrogen (secondary N) is 2. The topological polar surface area (TPSA) is 101 Å². The highest BCUT2D eigenvalue weighted by atomic mass is 32.2. The fraction of sp³-hybridized carbons (Fsp3) is 0.462. The van der Waals surface area contributed by atoms with Crippen LogP contribution in [0.2, 0.25) is 0 Å². The van der Waals surface area contributed by atoms with Crippen LogP contribution in [0.25, 0.3) is 0 Å². The molecule has 0 saturated heterocycles. The van der Waals surface area contributed by atoms with Gasteiger partial charge in [0.05, 0.1) is 6.04 Å². The fourth-order valence-electron chi connectivity index (χ4n) is 1.56. The maximum absolute atomic E-state index is 13.7. The van der Waals surface area contributed by atoms with Crippen LogP contribution in [-0.4, -0.2) is 25.9 Å². The van der Waals surface area contributed by atoms with E-state index in [9.17, 15) is 17.6 Å². The van der Waals surface area contributed by atoms with Gasteiger partial charge < -0.3 is 11.1 Å². The second-order valence-electron chi connectivity index (χ2n) is 5.77. The molecule has 21 heavy (non-hydrogen) atoms. The number of carbonyl (C=O) groups excluding carboxylic acids is 1. The highest BCUT2D eigenvalue weighted by Crippen LogP contribution is 2.17. The number of nitrogens with two attached hydrogens (primary N) is 1. The molecule has 118 valence electrons. The second kappa shape index (κ2) is 5.98. The highest BCUT2D eigenvalue weighted by molar-refractivity contribution is 7.89. The van der Waals surface area contributed by atoms with Gasteiger partial charge in [0.1, 0.15) is 10.7 Å². The lowest BCUT2D eigenvalue weighted by Crippen LogP contribution is -2.50. The smallest absolute Gasteiger partial charge is 0.244 e. The van der Waals surface area contributed by atoms with Crippen LogP contribution in [-0.2, 0) is 14.8 Å². The van der Waals surface area contributed by atoms with Crippen LogP contribution in [0.5, 0.6) is 0 Å². The maximum atomic E-state index is 13.7. The first-order valence-electron chi connectivity index (χ1n) is 6.32. The summed E-state index contributed by atoms with van der Waals surface area (Å²) in [5, 5.41) is 2.64. The van der Waals surface area contributed by atoms with Gasteiger partial charge >= 0.3 is 0 Å². The first kappa shape index (κ1) is 17.4. The van der Waals surface area contributed by atoms with Gasteiger partial charge in [-0.25, -0.2) is 12.8 Å². The third-order valence-corrected chi connectivity index (χ3v) is 4.04. The molecule has 0 aliphatic heterocycles. The first-order valence-corrected chi connectivity index (χ1v) is 7.80. The molecule has 1 aromatic rings. The number of hydrogen-bond acceptors (Lipinski definition) is 4. The molecule has 1 amide bonds. The van der Waals surface area contributed by atoms with Crippen molar-refractivity contribution in [1.82, 2.24) is 10.0 Å². The average Bonchev–Trinajstić information content (AvgIpc) is 2.24. The summed E-state index contributed by atoms with van der Waals surface area (Å²) < 4.78 is 39.9. The summed E-state index contributed by atoms with van der Waals surface area (Å²) in [7, 11) is -4.15. The van der Waals surface area contributed by atoms with Crippen LogP contribution in [0, 0.1) is 5.82 Å². The van der Waals surface area contributed by atoms with Crippen LogP contribution in [0.15, 0.2) is 23.1 Å². The lowest BCUT2D eigenvalue weighted by atomic mass is 10.1. The Morgan fingerprint density at radius 2 is 1.90 bits per heavy atom. The standard InChI is InChI=1S/C13H20FN3O3S/c1-8(12(18)16-13(2,3)4)17-21(19,20)11-6-5-9(15)7-10(11)14/h5-8,17H,15H2,1-4H3,(H,16,18). The normalized spacial score (nSPS) is 13.8. The van der Waals surface area contributed by atoms with Crippen LogP contribution in [0.3, 0.4) is 0 Å². The van der Waals surface area contributed by atoms with Gasteiger partial charge in [0.15, 0.2) is 0 Å². The Morgan fingerprint density at radius 3 is 2.38 bits per heavy atom. The van der Waals surface area contributed by atoms with Gasteiger partial charge in [-0.15, -0.1) is 0 Å². The molecular formula is C13H20FN3O3S. The van der Waals surface area contributed by atoms with E-state index in [1.54, 1.807) is 20.8 Å². The van der Waals surface area contributed by atoms with Crippen molar-refractivity contribution in [2.45, 2.75) is 44.2 Å². The Bertz CT molecular complexity index is 639. The van der Waals surface area contributed by atoms with Gasteiger partial charge in [0.2, 0.25) is 15.9 Å². The number of anilines is 1. The summed E-state index contributed by atoms with van der Waals surface area (Å²) in [4.78, 5) is 11.3. The Hall–Kier alpha value is -1.67. The molecule has 0 aromatic heterocycles. The summed E-state index contributed by atoms with van der Waals surface area (Å²) in [5.74, 6) is -1.46. The Kier molecular flexibility index (Phi) is 4.95. The van der Waals surface area contributed by atoms with E-state index in [2.05, 4.69) is 10.0 Å². The zero-order chi connectivity index (χ0) is 16.4. The van der Waals surface area contributed by atoms with Crippen molar-refractivity contribution >= 4 is 21.6 Å². The van der Waals surface area contributed by atoms with Gasteiger partial charge in [-0.3, -0.25) is 4.79 Å². The molecule has 8 heteroatoms. The minimum absolute atomic E-state index is 0.116. The molecule has 6 nitrogen and oxygen atoms in total. The summed E-state index contributed by atoms with van der Waals surface area (Å²) in [5.41, 5.74) is 4.99. The van der Waals surface area contributed by atoms with Crippen molar-refractivity contribution in [3.63, 3.8) is 0 Å². The van der Waals surface area contributed by atoms with Crippen LogP contribution >= 0.6 is 0 Å². The number of halogens is 1. The monoisotopic (exact) mass is 317 g/mol. The summed E-state index contributed by atoms with van der Waals surface area (Å²) in [6.45, 7) is 6.69. The number of sulfonamides is 1. The predicted molar refractivity (Wildman–Crippen MR) is 78.5 cm³/mol. The molecule has 0 aliphatic carbocycles. The third kappa shape index (κ3) is 4.98. The molecule has 0 fully saturated rings. The SMILES string of the molecule is CC(NS(=O)(=O)c1ccc(N)cc1F)C(=O)NC(C)(C)C. The number of benzene rings is 1. The molecule has 0 saturated carbocycles. The fourth-order valence-corrected chi connectivity index (χ4v) is 2.82. The summed E-state index contributed by atoms with van der Waals surface area (Å²) in [6.07, 6.45) is 0. The predicted octanol–water partition coefficient (Wildman–Crippen LogP) is 0.989. The van der Waals surface area contributed by atoms with Gasteiger partial charge in [-0.2, -0.15) is 4.72 Å². The molecule has 0 bridgehead atoms. The molecule has 0 spiro atoms. The zero-order valence-corrected chi connectivity index (χ0v) is 13.2. The Morgan fingerprint density at radius 1 is 1.33 bits per heavy atom. The van der Waals surface area contributed by atoms with Crippen molar-refractivity contribution in [2.24, 2.45) is 0 Å². The molecule has 0 radical (unpaired) electrons. The molecule has 1 aromatic carbocycles. The number of carbonyl (C=O) groups is 1. The molecule has 4 N–H and O–H groups in total. The van der Waals surface area contributed by atoms with E-state index in [0.29, 0.717) is 0 Å². The van der Waals surface area contributed by atoms with E-state index < -0.39 is 38.2 Å². The minimum atomic E-state index is -4.15. The van der Waals surface area contributed by atoms with Crippen molar-refractivity contribution in [2.75, 3.05) is 5.73 Å². The quantitative estimate of drug-likeness (QED) is 0.721. The van der Waals surface area contributed by atoms with Gasteiger partial charge in [-0.1, -0.05) is 0 Å². The summed E-state index contributed by atoms with van der Waals surface area (Å²) in [6, 6.07) is 2.21. The largest absolute Gasteiger partial charge is 0.399 e. The summed E-state index contributed by atoms with van der Waals surface area (Å²) >= 11 is 0. The maximum Gasteiger partial charge on any atom is 0.244 e. The van der Waals surface area contributed by atoms with Gasteiger partial charge in [0.25, 0.3) is 0 Å². The van der Waals surface area contributed by atoms with E-state index in [1.807, 2.05) is 0 Å². The molecule has 1 rings (SSSR count). The lowest BCUT2D eigenvalue weighted by molar-refractivity contribution is -0.123. The van der Waals surface area contributed by atoms with Crippen molar-refractivity contribution < 1.29 is 17.6 Å². The number of rotatable bonds is 4. The zero-order valence-electron chi connectivity index (χ0n) is 12.4. The molecular weight excluding hydrogens is 297 g/mol. The molecule has 1 unspecified atom stereocenters. The van der Waals surface area contributed by atoms with Crippen LogP contribution in [0.1, 0.15) is 27.7 Å². The lowest BCUT2D eigenvalue weighted by Gasteiger charge is -2.23. The number of nitrogen functional groups attached to an aromatic ring is 1. The van der Waals surface area contributed by atoms with Gasteiger partial charge in [0, 0.05) is 11.2 Å². The van der Waals surface area contributed by atoms with E-state index in [4.69, 9.17) is 5.73 Å². The van der Waals surface area contributed by atoms with E-state index in [0.717, 1.165) is 12.1 Å². The third-order valence-electron chi connectivity index (χ3n) is 2.47.